The van der Waals surface area contributed by atoms with Gasteiger partial charge in [-0.25, -0.2) is 9.37 Å². The number of nitrogens with two attached hydrogens (primary N) is 1. The van der Waals surface area contributed by atoms with Crippen molar-refractivity contribution in [2.45, 2.75) is 19.4 Å². The van der Waals surface area contributed by atoms with Gasteiger partial charge in [-0.15, -0.1) is 0 Å². The topological polar surface area (TPSA) is 42.1 Å². The Morgan fingerprint density at radius 2 is 2.47 bits per heavy atom. The Hall–Kier alpha value is -1.16. The van der Waals surface area contributed by atoms with Crippen LogP contribution in [0, 0.1) is 11.7 Å². The van der Waals surface area contributed by atoms with Crippen molar-refractivity contribution in [1.82, 2.24) is 4.98 Å². The van der Waals surface area contributed by atoms with Gasteiger partial charge in [-0.05, 0) is 37.9 Å². The Labute approximate surface area is 89.1 Å². The van der Waals surface area contributed by atoms with Gasteiger partial charge in [0.2, 0.25) is 0 Å². The van der Waals surface area contributed by atoms with Crippen LogP contribution in [0.15, 0.2) is 18.3 Å². The third-order valence-electron chi connectivity index (χ3n) is 3.01. The molecule has 1 saturated heterocycles. The number of rotatable bonds is 2. The van der Waals surface area contributed by atoms with Crippen LogP contribution in [0.1, 0.15) is 13.3 Å². The lowest BCUT2D eigenvalue weighted by Gasteiger charge is -2.22. The Morgan fingerprint density at radius 3 is 3.07 bits per heavy atom. The first-order chi connectivity index (χ1) is 7.22. The molecular weight excluding hydrogens is 193 g/mol. The molecule has 2 heterocycles. The highest BCUT2D eigenvalue weighted by Gasteiger charge is 2.30. The highest BCUT2D eigenvalue weighted by atomic mass is 19.1. The summed E-state index contributed by atoms with van der Waals surface area (Å²) in [7, 11) is 0. The zero-order valence-corrected chi connectivity index (χ0v) is 8.86. The van der Waals surface area contributed by atoms with Crippen LogP contribution in [-0.2, 0) is 0 Å². The molecule has 2 rings (SSSR count). The van der Waals surface area contributed by atoms with Crippen LogP contribution in [-0.4, -0.2) is 24.1 Å². The van der Waals surface area contributed by atoms with E-state index in [1.54, 1.807) is 12.3 Å². The number of pyridine rings is 1. The molecule has 1 aliphatic rings. The molecule has 82 valence electrons. The van der Waals surface area contributed by atoms with Crippen LogP contribution in [0.4, 0.5) is 10.2 Å². The maximum absolute atomic E-state index is 13.5. The minimum absolute atomic E-state index is 0.248. The highest BCUT2D eigenvalue weighted by Crippen LogP contribution is 2.28. The minimum Gasteiger partial charge on any atom is -0.351 e. The predicted molar refractivity (Wildman–Crippen MR) is 58.2 cm³/mol. The largest absolute Gasteiger partial charge is 0.351 e. The van der Waals surface area contributed by atoms with Gasteiger partial charge in [0.15, 0.2) is 11.6 Å². The van der Waals surface area contributed by atoms with Crippen LogP contribution < -0.4 is 10.6 Å². The lowest BCUT2D eigenvalue weighted by Crippen LogP contribution is -2.29. The van der Waals surface area contributed by atoms with Crippen molar-refractivity contribution in [3.63, 3.8) is 0 Å². The van der Waals surface area contributed by atoms with Crippen molar-refractivity contribution in [2.24, 2.45) is 11.7 Å². The maximum Gasteiger partial charge on any atom is 0.165 e. The quantitative estimate of drug-likeness (QED) is 0.800. The SMILES string of the molecule is CC1CC(CN)CN1c1ncccc1F. The van der Waals surface area contributed by atoms with Crippen LogP contribution in [0.5, 0.6) is 0 Å². The minimum atomic E-state index is -0.248. The predicted octanol–water partition coefficient (Wildman–Crippen LogP) is 1.39. The molecule has 2 N–H and O–H groups in total. The number of aromatic nitrogens is 1. The summed E-state index contributed by atoms with van der Waals surface area (Å²) in [6.45, 7) is 3.56. The van der Waals surface area contributed by atoms with E-state index in [9.17, 15) is 4.39 Å². The molecule has 0 saturated carbocycles. The molecule has 3 nitrogen and oxygen atoms in total. The van der Waals surface area contributed by atoms with Gasteiger partial charge in [-0.1, -0.05) is 0 Å². The van der Waals surface area contributed by atoms with Gasteiger partial charge < -0.3 is 10.6 Å². The first-order valence-corrected chi connectivity index (χ1v) is 5.29. The normalized spacial score (nSPS) is 25.9. The molecule has 2 unspecified atom stereocenters. The molecule has 4 heteroatoms. The van der Waals surface area contributed by atoms with E-state index < -0.39 is 0 Å². The average Bonchev–Trinajstić information content (AvgIpc) is 2.60. The third kappa shape index (κ3) is 1.95. The van der Waals surface area contributed by atoms with Gasteiger partial charge in [-0.2, -0.15) is 0 Å². The summed E-state index contributed by atoms with van der Waals surface area (Å²) in [5, 5.41) is 0. The molecule has 1 aromatic rings. The van der Waals surface area contributed by atoms with E-state index in [0.29, 0.717) is 24.3 Å². The fourth-order valence-electron chi connectivity index (χ4n) is 2.20. The summed E-state index contributed by atoms with van der Waals surface area (Å²) < 4.78 is 13.5. The van der Waals surface area contributed by atoms with Crippen molar-refractivity contribution >= 4 is 5.82 Å². The van der Waals surface area contributed by atoms with Crippen molar-refractivity contribution < 1.29 is 4.39 Å². The molecule has 0 amide bonds. The van der Waals surface area contributed by atoms with E-state index in [4.69, 9.17) is 5.73 Å². The fraction of sp³-hybridized carbons (Fsp3) is 0.545. The summed E-state index contributed by atoms with van der Waals surface area (Å²) in [6, 6.07) is 3.38. The lowest BCUT2D eigenvalue weighted by molar-refractivity contribution is 0.579. The average molecular weight is 209 g/mol. The molecule has 2 atom stereocenters. The Morgan fingerprint density at radius 1 is 1.67 bits per heavy atom. The summed E-state index contributed by atoms with van der Waals surface area (Å²) >= 11 is 0. The molecule has 0 aromatic carbocycles. The number of anilines is 1. The van der Waals surface area contributed by atoms with Crippen LogP contribution in [0.2, 0.25) is 0 Å². The van der Waals surface area contributed by atoms with E-state index in [-0.39, 0.29) is 5.82 Å². The molecule has 1 aromatic heterocycles. The summed E-state index contributed by atoms with van der Waals surface area (Å²) in [4.78, 5) is 6.10. The maximum atomic E-state index is 13.5. The fourth-order valence-corrected chi connectivity index (χ4v) is 2.20. The van der Waals surface area contributed by atoms with Gasteiger partial charge in [0, 0.05) is 18.8 Å². The van der Waals surface area contributed by atoms with Crippen molar-refractivity contribution in [3.05, 3.63) is 24.1 Å². The first-order valence-electron chi connectivity index (χ1n) is 5.29. The molecular formula is C11H16FN3. The van der Waals surface area contributed by atoms with Crippen LogP contribution in [0.25, 0.3) is 0 Å². The summed E-state index contributed by atoms with van der Waals surface area (Å²) in [5.74, 6) is 0.671. The molecule has 1 fully saturated rings. The van der Waals surface area contributed by atoms with Gasteiger partial charge in [-0.3, -0.25) is 0 Å². The number of nitrogens with zero attached hydrogens (tertiary/aromatic N) is 2. The molecule has 0 radical (unpaired) electrons. The second-order valence-electron chi connectivity index (χ2n) is 4.15. The lowest BCUT2D eigenvalue weighted by atomic mass is 10.1. The molecule has 15 heavy (non-hydrogen) atoms. The zero-order chi connectivity index (χ0) is 10.8. The van der Waals surface area contributed by atoms with E-state index >= 15 is 0 Å². The smallest absolute Gasteiger partial charge is 0.165 e. The number of hydrogen-bond acceptors (Lipinski definition) is 3. The Kier molecular flexibility index (Phi) is 2.86. The second-order valence-corrected chi connectivity index (χ2v) is 4.15. The van der Waals surface area contributed by atoms with E-state index in [1.165, 1.54) is 6.07 Å². The number of halogens is 1. The third-order valence-corrected chi connectivity index (χ3v) is 3.01. The van der Waals surface area contributed by atoms with Gasteiger partial charge in [0.1, 0.15) is 0 Å². The molecule has 1 aliphatic heterocycles. The first kappa shape index (κ1) is 10.4. The van der Waals surface area contributed by atoms with Crippen molar-refractivity contribution in [1.29, 1.82) is 0 Å². The Balaban J connectivity index is 2.21. The van der Waals surface area contributed by atoms with E-state index in [2.05, 4.69) is 11.9 Å². The summed E-state index contributed by atoms with van der Waals surface area (Å²) in [5.41, 5.74) is 5.63. The zero-order valence-electron chi connectivity index (χ0n) is 8.86. The van der Waals surface area contributed by atoms with E-state index in [0.717, 1.165) is 13.0 Å². The van der Waals surface area contributed by atoms with Crippen molar-refractivity contribution in [2.75, 3.05) is 18.0 Å². The van der Waals surface area contributed by atoms with Crippen molar-refractivity contribution in [3.8, 4) is 0 Å². The van der Waals surface area contributed by atoms with Gasteiger partial charge in [0.05, 0.1) is 0 Å². The van der Waals surface area contributed by atoms with E-state index in [1.807, 2.05) is 4.90 Å². The molecule has 0 bridgehead atoms. The Bertz CT molecular complexity index is 342. The molecule has 0 aliphatic carbocycles. The summed E-state index contributed by atoms with van der Waals surface area (Å²) in [6.07, 6.45) is 2.65. The second kappa shape index (κ2) is 4.14. The standard InChI is InChI=1S/C11H16FN3/c1-8-5-9(6-13)7-15(8)11-10(12)3-2-4-14-11/h2-4,8-9H,5-7,13H2,1H3. The molecule has 0 spiro atoms. The van der Waals surface area contributed by atoms with Gasteiger partial charge >= 0.3 is 0 Å². The highest BCUT2D eigenvalue weighted by molar-refractivity contribution is 5.42. The van der Waals surface area contributed by atoms with Crippen LogP contribution in [0.3, 0.4) is 0 Å². The number of hydrogen-bond donors (Lipinski definition) is 1. The van der Waals surface area contributed by atoms with Gasteiger partial charge in [0.25, 0.3) is 0 Å². The monoisotopic (exact) mass is 209 g/mol. The van der Waals surface area contributed by atoms with Crippen LogP contribution >= 0.6 is 0 Å².